The zero-order valence-electron chi connectivity index (χ0n) is 19.6. The summed E-state index contributed by atoms with van der Waals surface area (Å²) in [7, 11) is 0. The van der Waals surface area contributed by atoms with Crippen LogP contribution in [-0.4, -0.2) is 50.2 Å². The SMILES string of the molecule is CC(C)(O)[C@H]1O[C@H]2CC[C@@]3(C)[C@@](O)(CC[C@H]4C(=O)c5c([nH]c6ccccc56)[C@@]43C)C2=CC1=O. The van der Waals surface area contributed by atoms with Crippen LogP contribution in [0.5, 0.6) is 0 Å². The molecule has 3 N–H and O–H groups in total. The second-order valence-electron chi connectivity index (χ2n) is 11.5. The van der Waals surface area contributed by atoms with E-state index in [1.165, 1.54) is 6.08 Å². The molecular formula is C27H31NO5. The van der Waals surface area contributed by atoms with Gasteiger partial charge in [0, 0.05) is 38.9 Å². The van der Waals surface area contributed by atoms with Crippen molar-refractivity contribution in [3.8, 4) is 0 Å². The number of ether oxygens (including phenoxy) is 1. The van der Waals surface area contributed by atoms with Crippen molar-refractivity contribution in [1.29, 1.82) is 0 Å². The van der Waals surface area contributed by atoms with Gasteiger partial charge in [-0.25, -0.2) is 0 Å². The number of carbonyl (C=O) groups excluding carboxylic acids is 2. The smallest absolute Gasteiger partial charge is 0.187 e. The first-order valence-electron chi connectivity index (χ1n) is 11.9. The average molecular weight is 450 g/mol. The van der Waals surface area contributed by atoms with Crippen LogP contribution in [0.4, 0.5) is 0 Å². The van der Waals surface area contributed by atoms with E-state index < -0.39 is 34.2 Å². The quantitative estimate of drug-likeness (QED) is 0.618. The fourth-order valence-corrected chi connectivity index (χ4v) is 7.64. The highest BCUT2D eigenvalue weighted by atomic mass is 16.5. The molecule has 0 spiro atoms. The zero-order chi connectivity index (χ0) is 23.6. The summed E-state index contributed by atoms with van der Waals surface area (Å²) in [4.78, 5) is 30.2. The number of H-pyrrole nitrogens is 1. The number of nitrogens with one attached hydrogen (secondary N) is 1. The van der Waals surface area contributed by atoms with Crippen molar-refractivity contribution in [1.82, 2.24) is 4.98 Å². The number of hydrogen-bond donors (Lipinski definition) is 3. The van der Waals surface area contributed by atoms with Crippen molar-refractivity contribution in [3.63, 3.8) is 0 Å². The maximum Gasteiger partial charge on any atom is 0.187 e. The highest BCUT2D eigenvalue weighted by molar-refractivity contribution is 6.14. The highest BCUT2D eigenvalue weighted by Gasteiger charge is 2.72. The number of para-hydroxylation sites is 1. The van der Waals surface area contributed by atoms with Gasteiger partial charge in [0.25, 0.3) is 0 Å². The normalized spacial score (nSPS) is 40.2. The maximum atomic E-state index is 13.7. The molecule has 1 aromatic heterocycles. The number of hydrogen-bond acceptors (Lipinski definition) is 5. The number of aromatic nitrogens is 1. The molecule has 6 rings (SSSR count). The van der Waals surface area contributed by atoms with E-state index in [0.29, 0.717) is 31.3 Å². The van der Waals surface area contributed by atoms with Gasteiger partial charge in [0.1, 0.15) is 6.10 Å². The van der Waals surface area contributed by atoms with Gasteiger partial charge in [-0.3, -0.25) is 9.59 Å². The number of benzene rings is 1. The van der Waals surface area contributed by atoms with E-state index in [1.54, 1.807) is 13.8 Å². The van der Waals surface area contributed by atoms with Crippen molar-refractivity contribution < 1.29 is 24.5 Å². The topological polar surface area (TPSA) is 99.6 Å². The first-order chi connectivity index (χ1) is 15.4. The summed E-state index contributed by atoms with van der Waals surface area (Å²) < 4.78 is 6.11. The summed E-state index contributed by atoms with van der Waals surface area (Å²) in [6.07, 6.45) is 2.39. The molecule has 1 aromatic carbocycles. The minimum atomic E-state index is -1.30. The summed E-state index contributed by atoms with van der Waals surface area (Å²) in [5.41, 5.74) is -0.632. The average Bonchev–Trinajstić information content (AvgIpc) is 3.24. The van der Waals surface area contributed by atoms with Crippen LogP contribution in [-0.2, 0) is 14.9 Å². The molecule has 2 aromatic rings. The Labute approximate surface area is 193 Å². The molecule has 6 atom stereocenters. The van der Waals surface area contributed by atoms with Crippen LogP contribution in [0.1, 0.15) is 69.4 Å². The lowest BCUT2D eigenvalue weighted by molar-refractivity contribution is -0.193. The van der Waals surface area contributed by atoms with Crippen LogP contribution in [0.25, 0.3) is 10.9 Å². The molecule has 2 fully saturated rings. The van der Waals surface area contributed by atoms with Gasteiger partial charge in [0.15, 0.2) is 11.6 Å². The number of aromatic amines is 1. The summed E-state index contributed by atoms with van der Waals surface area (Å²) in [5, 5.41) is 23.7. The van der Waals surface area contributed by atoms with Crippen molar-refractivity contribution in [3.05, 3.63) is 47.2 Å². The minimum absolute atomic E-state index is 0.155. The molecule has 6 nitrogen and oxygen atoms in total. The summed E-state index contributed by atoms with van der Waals surface area (Å²) in [5.74, 6) is -0.370. The fourth-order valence-electron chi connectivity index (χ4n) is 7.64. The maximum absolute atomic E-state index is 13.7. The lowest BCUT2D eigenvalue weighted by atomic mass is 9.42. The molecule has 0 bridgehead atoms. The van der Waals surface area contributed by atoms with Gasteiger partial charge in [-0.1, -0.05) is 32.0 Å². The van der Waals surface area contributed by atoms with E-state index >= 15 is 0 Å². The molecule has 2 saturated carbocycles. The fraction of sp³-hybridized carbons (Fsp3) is 0.556. The predicted molar refractivity (Wildman–Crippen MR) is 123 cm³/mol. The van der Waals surface area contributed by atoms with Gasteiger partial charge in [0.05, 0.1) is 17.3 Å². The molecular weight excluding hydrogens is 418 g/mol. The van der Waals surface area contributed by atoms with Gasteiger partial charge in [-0.2, -0.15) is 0 Å². The van der Waals surface area contributed by atoms with Crippen LogP contribution in [0.15, 0.2) is 35.9 Å². The van der Waals surface area contributed by atoms with Crippen molar-refractivity contribution >= 4 is 22.5 Å². The molecule has 0 saturated heterocycles. The summed E-state index contributed by atoms with van der Waals surface area (Å²) in [6, 6.07) is 7.88. The number of carbonyl (C=O) groups is 2. The Morgan fingerprint density at radius 3 is 2.58 bits per heavy atom. The Hall–Kier alpha value is -2.28. The Bertz CT molecular complexity index is 1250. The van der Waals surface area contributed by atoms with Crippen LogP contribution < -0.4 is 0 Å². The van der Waals surface area contributed by atoms with E-state index in [9.17, 15) is 19.8 Å². The Kier molecular flexibility index (Phi) is 4.02. The van der Waals surface area contributed by atoms with E-state index in [4.69, 9.17) is 4.74 Å². The first kappa shape index (κ1) is 21.3. The highest BCUT2D eigenvalue weighted by Crippen LogP contribution is 2.69. The second-order valence-corrected chi connectivity index (χ2v) is 11.5. The van der Waals surface area contributed by atoms with Gasteiger partial charge < -0.3 is 19.9 Å². The lowest BCUT2D eigenvalue weighted by Crippen LogP contribution is -2.68. The molecule has 174 valence electrons. The van der Waals surface area contributed by atoms with Crippen LogP contribution in [0.3, 0.4) is 0 Å². The number of Topliss-reactive ketones (excluding diaryl/α,β-unsaturated/α-hetero) is 1. The number of aliphatic hydroxyl groups is 2. The standard InChI is InChI=1S/C27H31NO5/c1-24(2,31)23-18(29)13-16-19(33-23)10-11-25(3)26(4)15(9-12-27(16,25)32)21(30)20-14-7-5-6-8-17(14)28-22(20)26/h5-8,13,15,19,23,28,31-32H,9-12H2,1-4H3/t15-,19-,23-,25+,26+,27+/m0/s1. The molecule has 0 radical (unpaired) electrons. The molecule has 0 unspecified atom stereocenters. The number of ketones is 2. The molecule has 4 aliphatic rings. The third-order valence-electron chi connectivity index (χ3n) is 9.57. The van der Waals surface area contributed by atoms with Crippen molar-refractivity contribution in [2.45, 2.75) is 82.2 Å². The van der Waals surface area contributed by atoms with Gasteiger partial charge >= 0.3 is 0 Å². The largest absolute Gasteiger partial charge is 0.387 e. The van der Waals surface area contributed by atoms with Crippen LogP contribution >= 0.6 is 0 Å². The number of fused-ring (bicyclic) bond motifs is 9. The Balaban J connectivity index is 1.53. The van der Waals surface area contributed by atoms with E-state index in [0.717, 1.165) is 22.2 Å². The monoisotopic (exact) mass is 449 g/mol. The zero-order valence-corrected chi connectivity index (χ0v) is 19.6. The van der Waals surface area contributed by atoms with Crippen LogP contribution in [0.2, 0.25) is 0 Å². The first-order valence-corrected chi connectivity index (χ1v) is 11.9. The number of rotatable bonds is 1. The molecule has 6 heteroatoms. The van der Waals surface area contributed by atoms with E-state index in [1.807, 2.05) is 24.3 Å². The van der Waals surface area contributed by atoms with Crippen LogP contribution in [0, 0.1) is 11.3 Å². The Morgan fingerprint density at radius 2 is 1.85 bits per heavy atom. The summed E-state index contributed by atoms with van der Waals surface area (Å²) in [6.45, 7) is 7.34. The van der Waals surface area contributed by atoms with E-state index in [2.05, 4.69) is 18.8 Å². The molecule has 33 heavy (non-hydrogen) atoms. The third kappa shape index (κ3) is 2.34. The minimum Gasteiger partial charge on any atom is -0.387 e. The van der Waals surface area contributed by atoms with Gasteiger partial charge in [0.2, 0.25) is 0 Å². The lowest BCUT2D eigenvalue weighted by Gasteiger charge is -2.64. The second kappa shape index (κ2) is 6.23. The predicted octanol–water partition coefficient (Wildman–Crippen LogP) is 3.60. The third-order valence-corrected chi connectivity index (χ3v) is 9.57. The van der Waals surface area contributed by atoms with Gasteiger partial charge in [-0.15, -0.1) is 0 Å². The Morgan fingerprint density at radius 1 is 1.12 bits per heavy atom. The van der Waals surface area contributed by atoms with Crippen molar-refractivity contribution in [2.24, 2.45) is 11.3 Å². The molecule has 3 aliphatic carbocycles. The molecule has 0 amide bonds. The molecule has 1 aliphatic heterocycles. The molecule has 2 heterocycles. The van der Waals surface area contributed by atoms with Gasteiger partial charge in [-0.05, 0) is 57.2 Å². The van der Waals surface area contributed by atoms with Crippen molar-refractivity contribution in [2.75, 3.05) is 0 Å². The van der Waals surface area contributed by atoms with E-state index in [-0.39, 0.29) is 17.5 Å². The summed E-state index contributed by atoms with van der Waals surface area (Å²) >= 11 is 0.